The molecule has 2 aliphatic rings. The van der Waals surface area contributed by atoms with Crippen molar-refractivity contribution >= 4 is 44.6 Å². The number of alkyl halides is 3. The molecular formula is C32H33F3N8O2S. The maximum Gasteiger partial charge on any atom is 0.416 e. The number of guanidine groups is 1. The van der Waals surface area contributed by atoms with Crippen molar-refractivity contribution in [2.24, 2.45) is 27.9 Å². The van der Waals surface area contributed by atoms with Crippen LogP contribution in [0.2, 0.25) is 0 Å². The molecule has 3 aromatic rings. The van der Waals surface area contributed by atoms with Gasteiger partial charge in [-0.3, -0.25) is 20.3 Å². The van der Waals surface area contributed by atoms with Crippen molar-refractivity contribution in [1.29, 1.82) is 5.53 Å². The second-order valence-electron chi connectivity index (χ2n) is 11.3. The van der Waals surface area contributed by atoms with E-state index in [0.717, 1.165) is 42.7 Å². The van der Waals surface area contributed by atoms with E-state index < -0.39 is 23.7 Å². The smallest absolute Gasteiger partial charge is 0.320 e. The lowest BCUT2D eigenvalue weighted by Crippen LogP contribution is -2.35. The topological polar surface area (TPSA) is 149 Å². The number of carbonyl (C=O) groups is 2. The Morgan fingerprint density at radius 1 is 1.20 bits per heavy atom. The minimum Gasteiger partial charge on any atom is -0.320 e. The molecule has 0 aliphatic heterocycles. The summed E-state index contributed by atoms with van der Waals surface area (Å²) in [5.74, 6) is 4.57. The van der Waals surface area contributed by atoms with Crippen LogP contribution in [0.1, 0.15) is 59.7 Å². The maximum atomic E-state index is 13.9. The quantitative estimate of drug-likeness (QED) is 0.0537. The third-order valence-electron chi connectivity index (χ3n) is 8.01. The van der Waals surface area contributed by atoms with Crippen molar-refractivity contribution in [3.63, 3.8) is 0 Å². The first kappa shape index (κ1) is 32.5. The number of fused-ring (bicyclic) bond motifs is 1. The molecule has 0 bridgehead atoms. The van der Waals surface area contributed by atoms with Crippen LogP contribution in [0.5, 0.6) is 0 Å². The summed E-state index contributed by atoms with van der Waals surface area (Å²) in [5.41, 5.74) is 9.81. The monoisotopic (exact) mass is 650 g/mol. The van der Waals surface area contributed by atoms with Crippen LogP contribution < -0.4 is 16.5 Å². The van der Waals surface area contributed by atoms with Crippen LogP contribution in [0, 0.1) is 24.3 Å². The van der Waals surface area contributed by atoms with Crippen LogP contribution in [-0.4, -0.2) is 27.8 Å². The van der Waals surface area contributed by atoms with Crippen LogP contribution in [0.15, 0.2) is 82.2 Å². The van der Waals surface area contributed by atoms with Crippen LogP contribution in [0.25, 0.3) is 10.2 Å². The molecule has 0 fully saturated rings. The fourth-order valence-corrected chi connectivity index (χ4v) is 6.58. The molecule has 2 aliphatic carbocycles. The van der Waals surface area contributed by atoms with Gasteiger partial charge >= 0.3 is 12.2 Å². The summed E-state index contributed by atoms with van der Waals surface area (Å²) in [6, 6.07) is 8.06. The molecule has 46 heavy (non-hydrogen) atoms. The van der Waals surface area contributed by atoms with E-state index in [4.69, 9.17) is 11.4 Å². The first-order valence-corrected chi connectivity index (χ1v) is 15.5. The van der Waals surface area contributed by atoms with Crippen molar-refractivity contribution in [3.8, 4) is 0 Å². The van der Waals surface area contributed by atoms with E-state index in [1.807, 2.05) is 6.08 Å². The number of aromatic nitrogens is 1. The molecule has 5 N–H and O–H groups in total. The Bertz CT molecular complexity index is 1780. The van der Waals surface area contributed by atoms with E-state index in [2.05, 4.69) is 51.0 Å². The average Bonchev–Trinajstić information content (AvgIpc) is 3.45. The van der Waals surface area contributed by atoms with Crippen LogP contribution in [0.3, 0.4) is 0 Å². The summed E-state index contributed by atoms with van der Waals surface area (Å²) < 4.78 is 40.8. The van der Waals surface area contributed by atoms with Gasteiger partial charge in [0, 0.05) is 17.2 Å². The molecule has 2 aromatic carbocycles. The Morgan fingerprint density at radius 3 is 2.59 bits per heavy atom. The molecule has 240 valence electrons. The predicted molar refractivity (Wildman–Crippen MR) is 171 cm³/mol. The minimum absolute atomic E-state index is 0.123. The number of benzene rings is 2. The molecule has 1 aromatic heterocycles. The highest BCUT2D eigenvalue weighted by molar-refractivity contribution is 7.22. The Morgan fingerprint density at radius 2 is 1.96 bits per heavy atom. The Labute approximate surface area is 267 Å². The first-order chi connectivity index (χ1) is 22.0. The van der Waals surface area contributed by atoms with Gasteiger partial charge in [0.15, 0.2) is 5.13 Å². The first-order valence-electron chi connectivity index (χ1n) is 14.7. The molecule has 5 rings (SSSR count). The van der Waals surface area contributed by atoms with Gasteiger partial charge in [-0.1, -0.05) is 54.2 Å². The second kappa shape index (κ2) is 13.6. The summed E-state index contributed by atoms with van der Waals surface area (Å²) in [7, 11) is 0. The molecule has 14 heteroatoms. The van der Waals surface area contributed by atoms with Gasteiger partial charge in [0.2, 0.25) is 0 Å². The molecule has 0 saturated heterocycles. The third-order valence-corrected chi connectivity index (χ3v) is 9.13. The number of rotatable bonds is 6. The number of thiazole rings is 1. The number of nitrogens with two attached hydrogens (primary N) is 1. The standard InChI is InChI=1S/C32H33F3N8O2S/c1-18-15-24(12-13-25(18)21-6-4-3-5-7-21)43(17-20-8-10-22(11-9-20)28(44)39-29(41-36)42-37)31(45)40-30-38-26-16-23(32(33,34)35)14-19(2)27(26)46-30/h6,8-16,18,25,36H,3-5,7,17,37H2,1-2H3,(H,38,40,45)(H,39,42,44). The van der Waals surface area contributed by atoms with E-state index >= 15 is 0 Å². The SMILES string of the molecule is Cc1cc(C(F)(F)F)cc2nc(NC(=O)N(Cc3ccc(C(=O)N/C(N=N)=N/N)cc3)C3=CC(C)C(C4=CCCCC4)C=C3)sc12. The van der Waals surface area contributed by atoms with Gasteiger partial charge in [-0.25, -0.2) is 15.3 Å². The van der Waals surface area contributed by atoms with Crippen molar-refractivity contribution in [2.75, 3.05) is 5.32 Å². The summed E-state index contributed by atoms with van der Waals surface area (Å²) in [6.45, 7) is 3.83. The van der Waals surface area contributed by atoms with Crippen LogP contribution in [-0.2, 0) is 12.7 Å². The van der Waals surface area contributed by atoms with E-state index in [0.29, 0.717) is 21.5 Å². The molecule has 2 unspecified atom stereocenters. The molecule has 3 amide bonds. The number of halogens is 3. The zero-order valence-electron chi connectivity index (χ0n) is 25.2. The molecular weight excluding hydrogens is 617 g/mol. The van der Waals surface area contributed by atoms with E-state index in [9.17, 15) is 22.8 Å². The molecule has 0 saturated carbocycles. The molecule has 0 spiro atoms. The normalized spacial score (nSPS) is 18.5. The number of hydrazone groups is 1. The summed E-state index contributed by atoms with van der Waals surface area (Å²) in [6.07, 6.45) is 8.37. The van der Waals surface area contributed by atoms with Crippen molar-refractivity contribution < 1.29 is 22.8 Å². The molecule has 10 nitrogen and oxygen atoms in total. The number of nitrogens with zero attached hydrogens (tertiary/aromatic N) is 4. The minimum atomic E-state index is -4.52. The molecule has 1 heterocycles. The van der Waals surface area contributed by atoms with E-state index in [-0.39, 0.29) is 40.6 Å². The number of hydrogen-bond acceptors (Lipinski definition) is 7. The van der Waals surface area contributed by atoms with Gasteiger partial charge in [-0.15, -0.1) is 10.2 Å². The number of urea groups is 1. The maximum absolute atomic E-state index is 13.9. The van der Waals surface area contributed by atoms with Crippen molar-refractivity contribution in [1.82, 2.24) is 15.2 Å². The lowest BCUT2D eigenvalue weighted by molar-refractivity contribution is -0.137. The lowest BCUT2D eigenvalue weighted by atomic mass is 9.79. The Hall–Kier alpha value is -4.85. The average molecular weight is 651 g/mol. The second-order valence-corrected chi connectivity index (χ2v) is 12.2. The fourth-order valence-electron chi connectivity index (χ4n) is 5.68. The zero-order chi connectivity index (χ0) is 33.0. The van der Waals surface area contributed by atoms with Gasteiger partial charge in [0.25, 0.3) is 11.9 Å². The molecule has 0 radical (unpaired) electrons. The van der Waals surface area contributed by atoms with E-state index in [1.54, 1.807) is 36.1 Å². The van der Waals surface area contributed by atoms with Gasteiger partial charge < -0.3 is 5.84 Å². The van der Waals surface area contributed by atoms with Crippen LogP contribution >= 0.6 is 11.3 Å². The van der Waals surface area contributed by atoms with Gasteiger partial charge in [-0.2, -0.15) is 13.2 Å². The number of carbonyl (C=O) groups excluding carboxylic acids is 2. The fraction of sp³-hybridized carbons (Fsp3) is 0.312. The number of amides is 3. The Kier molecular flexibility index (Phi) is 9.65. The summed E-state index contributed by atoms with van der Waals surface area (Å²) in [4.78, 5) is 32.2. The number of allylic oxidation sites excluding steroid dienone is 5. The molecule has 2 atom stereocenters. The number of hydrogen-bond donors (Lipinski definition) is 4. The Balaban J connectivity index is 1.41. The lowest BCUT2D eigenvalue weighted by Gasteiger charge is -2.31. The third kappa shape index (κ3) is 7.33. The highest BCUT2D eigenvalue weighted by atomic mass is 32.1. The van der Waals surface area contributed by atoms with Gasteiger partial charge in [-0.05, 0) is 80.0 Å². The highest BCUT2D eigenvalue weighted by Gasteiger charge is 2.32. The number of anilines is 1. The summed E-state index contributed by atoms with van der Waals surface area (Å²) >= 11 is 1.11. The van der Waals surface area contributed by atoms with Crippen molar-refractivity contribution in [2.45, 2.75) is 52.3 Å². The zero-order valence-corrected chi connectivity index (χ0v) is 26.0. The number of aryl methyl sites for hydroxylation is 1. The van der Waals surface area contributed by atoms with Gasteiger partial charge in [0.05, 0.1) is 22.3 Å². The predicted octanol–water partition coefficient (Wildman–Crippen LogP) is 7.85. The van der Waals surface area contributed by atoms with E-state index in [1.165, 1.54) is 12.0 Å². The van der Waals surface area contributed by atoms with Gasteiger partial charge in [0.1, 0.15) is 0 Å². The van der Waals surface area contributed by atoms with Crippen LogP contribution in [0.4, 0.5) is 23.1 Å². The highest BCUT2D eigenvalue weighted by Crippen LogP contribution is 2.38. The largest absolute Gasteiger partial charge is 0.416 e. The summed E-state index contributed by atoms with van der Waals surface area (Å²) in [5, 5.41) is 11.5. The number of nitrogens with one attached hydrogen (secondary N) is 3. The van der Waals surface area contributed by atoms with Crippen molar-refractivity contribution in [3.05, 3.63) is 94.2 Å².